The Morgan fingerprint density at radius 2 is 1.91 bits per heavy atom. The SMILES string of the molecule is CC1CS(=O)(=O)CCC1c1cc2c(C[C@H](C)c3cccc(C(F)F)c3F)ncnc2n(C)c1=O. The summed E-state index contributed by atoms with van der Waals surface area (Å²) in [6.45, 7) is 3.56. The van der Waals surface area contributed by atoms with Gasteiger partial charge < -0.3 is 0 Å². The first-order valence-electron chi connectivity index (χ1n) is 11.1. The third-order valence-corrected chi connectivity index (χ3v) is 8.67. The van der Waals surface area contributed by atoms with E-state index in [4.69, 9.17) is 0 Å². The summed E-state index contributed by atoms with van der Waals surface area (Å²) in [4.78, 5) is 21.7. The lowest BCUT2D eigenvalue weighted by molar-refractivity contribution is 0.146. The van der Waals surface area contributed by atoms with Crippen LogP contribution in [-0.4, -0.2) is 34.5 Å². The zero-order chi connectivity index (χ0) is 24.8. The van der Waals surface area contributed by atoms with Gasteiger partial charge in [-0.3, -0.25) is 9.36 Å². The van der Waals surface area contributed by atoms with E-state index in [-0.39, 0.29) is 40.9 Å². The Labute approximate surface area is 195 Å². The standard InChI is InChI=1S/C24H26F3N3O3S/c1-13(16-5-4-6-17(21(16)25)22(26)27)9-20-19-10-18(15-7-8-34(32,33)11-14(15)2)24(31)30(3)23(19)29-12-28-20/h4-6,10,12-15,22H,7-9,11H2,1-3H3/t13-,14?,15?/m0/s1. The summed E-state index contributed by atoms with van der Waals surface area (Å²) in [5.74, 6) is -1.78. The van der Waals surface area contributed by atoms with Crippen LogP contribution < -0.4 is 5.56 Å². The predicted molar refractivity (Wildman–Crippen MR) is 123 cm³/mol. The van der Waals surface area contributed by atoms with E-state index >= 15 is 0 Å². The molecule has 10 heteroatoms. The maximum atomic E-state index is 14.7. The number of hydrogen-bond acceptors (Lipinski definition) is 5. The third kappa shape index (κ3) is 4.47. The van der Waals surface area contributed by atoms with Crippen LogP contribution in [0.4, 0.5) is 13.2 Å². The Balaban J connectivity index is 1.77. The van der Waals surface area contributed by atoms with Crippen molar-refractivity contribution in [2.24, 2.45) is 13.0 Å². The molecule has 3 heterocycles. The lowest BCUT2D eigenvalue weighted by Gasteiger charge is -2.29. The molecule has 1 aliphatic rings. The molecular formula is C24H26F3N3O3S. The molecule has 1 aromatic carbocycles. The molecule has 182 valence electrons. The molecule has 2 unspecified atom stereocenters. The average Bonchev–Trinajstić information content (AvgIpc) is 2.76. The maximum absolute atomic E-state index is 14.7. The third-order valence-electron chi connectivity index (χ3n) is 6.78. The zero-order valence-corrected chi connectivity index (χ0v) is 19.9. The van der Waals surface area contributed by atoms with Crippen molar-refractivity contribution in [2.45, 2.75) is 45.0 Å². The van der Waals surface area contributed by atoms with Crippen LogP contribution in [-0.2, 0) is 23.3 Å². The molecule has 1 aliphatic heterocycles. The van der Waals surface area contributed by atoms with Gasteiger partial charge in [0.25, 0.3) is 12.0 Å². The van der Waals surface area contributed by atoms with E-state index < -0.39 is 33.6 Å². The second-order valence-electron chi connectivity index (χ2n) is 9.16. The van der Waals surface area contributed by atoms with Gasteiger partial charge in [-0.25, -0.2) is 31.6 Å². The van der Waals surface area contributed by atoms with Gasteiger partial charge in [0.05, 0.1) is 22.8 Å². The zero-order valence-electron chi connectivity index (χ0n) is 19.1. The van der Waals surface area contributed by atoms with Gasteiger partial charge in [-0.1, -0.05) is 32.0 Å². The van der Waals surface area contributed by atoms with Gasteiger partial charge in [-0.05, 0) is 42.2 Å². The summed E-state index contributed by atoms with van der Waals surface area (Å²) in [7, 11) is -1.53. The highest BCUT2D eigenvalue weighted by Gasteiger charge is 2.33. The number of halogens is 3. The fourth-order valence-corrected chi connectivity index (χ4v) is 6.76. The van der Waals surface area contributed by atoms with E-state index in [2.05, 4.69) is 9.97 Å². The summed E-state index contributed by atoms with van der Waals surface area (Å²) >= 11 is 0. The number of rotatable bonds is 5. The van der Waals surface area contributed by atoms with Crippen LogP contribution in [0.2, 0.25) is 0 Å². The number of fused-ring (bicyclic) bond motifs is 1. The largest absolute Gasteiger partial charge is 0.295 e. The molecule has 0 saturated carbocycles. The lowest BCUT2D eigenvalue weighted by atomic mass is 9.85. The van der Waals surface area contributed by atoms with Crippen LogP contribution in [0.15, 0.2) is 35.4 Å². The molecule has 2 aromatic heterocycles. The number of nitrogens with zero attached hydrogens (tertiary/aromatic N) is 3. The summed E-state index contributed by atoms with van der Waals surface area (Å²) in [5.41, 5.74) is 0.767. The van der Waals surface area contributed by atoms with E-state index in [1.807, 2.05) is 6.92 Å². The second-order valence-corrected chi connectivity index (χ2v) is 11.4. The minimum Gasteiger partial charge on any atom is -0.295 e. The van der Waals surface area contributed by atoms with Crippen LogP contribution in [0, 0.1) is 11.7 Å². The Morgan fingerprint density at radius 3 is 2.59 bits per heavy atom. The number of alkyl halides is 2. The fourth-order valence-electron chi connectivity index (χ4n) is 4.94. The summed E-state index contributed by atoms with van der Waals surface area (Å²) < 4.78 is 66.5. The van der Waals surface area contributed by atoms with Crippen molar-refractivity contribution in [3.8, 4) is 0 Å². The topological polar surface area (TPSA) is 81.9 Å². The Morgan fingerprint density at radius 1 is 1.21 bits per heavy atom. The minimum atomic E-state index is -3.13. The predicted octanol–water partition coefficient (Wildman–Crippen LogP) is 4.29. The van der Waals surface area contributed by atoms with Gasteiger partial charge in [0.15, 0.2) is 9.84 Å². The van der Waals surface area contributed by atoms with Gasteiger partial charge in [0, 0.05) is 18.0 Å². The smallest absolute Gasteiger partial charge is 0.266 e. The van der Waals surface area contributed by atoms with Crippen molar-refractivity contribution in [3.63, 3.8) is 0 Å². The Hall–Kier alpha value is -2.75. The molecule has 0 aliphatic carbocycles. The van der Waals surface area contributed by atoms with E-state index in [0.29, 0.717) is 28.7 Å². The lowest BCUT2D eigenvalue weighted by Crippen LogP contribution is -2.34. The summed E-state index contributed by atoms with van der Waals surface area (Å²) in [6, 6.07) is 5.70. The second kappa shape index (κ2) is 9.13. The van der Waals surface area contributed by atoms with E-state index in [0.717, 1.165) is 6.07 Å². The van der Waals surface area contributed by atoms with Crippen molar-refractivity contribution in [1.82, 2.24) is 14.5 Å². The number of pyridine rings is 1. The van der Waals surface area contributed by atoms with Gasteiger partial charge in [-0.2, -0.15) is 0 Å². The van der Waals surface area contributed by atoms with Crippen LogP contribution in [0.1, 0.15) is 60.9 Å². The molecule has 0 radical (unpaired) electrons. The van der Waals surface area contributed by atoms with E-state index in [1.54, 1.807) is 20.0 Å². The van der Waals surface area contributed by atoms with Crippen LogP contribution in [0.5, 0.6) is 0 Å². The highest BCUT2D eigenvalue weighted by molar-refractivity contribution is 7.91. The van der Waals surface area contributed by atoms with Crippen LogP contribution >= 0.6 is 0 Å². The molecular weight excluding hydrogens is 467 g/mol. The van der Waals surface area contributed by atoms with Crippen molar-refractivity contribution >= 4 is 20.9 Å². The number of aryl methyl sites for hydroxylation is 1. The molecule has 1 fully saturated rings. The first kappa shape index (κ1) is 24.4. The summed E-state index contributed by atoms with van der Waals surface area (Å²) in [5, 5.41) is 0.609. The Kier molecular flexibility index (Phi) is 6.54. The number of sulfone groups is 1. The quantitative estimate of drug-likeness (QED) is 0.530. The minimum absolute atomic E-state index is 0.0216. The highest BCUT2D eigenvalue weighted by atomic mass is 32.2. The fraction of sp³-hybridized carbons (Fsp3) is 0.458. The monoisotopic (exact) mass is 493 g/mol. The average molecular weight is 494 g/mol. The number of aromatic nitrogens is 3. The van der Waals surface area contributed by atoms with Crippen molar-refractivity contribution in [3.05, 3.63) is 69.1 Å². The van der Waals surface area contributed by atoms with Crippen molar-refractivity contribution < 1.29 is 21.6 Å². The van der Waals surface area contributed by atoms with Gasteiger partial charge in [0.1, 0.15) is 17.8 Å². The van der Waals surface area contributed by atoms with Crippen LogP contribution in [0.3, 0.4) is 0 Å². The number of hydrogen-bond donors (Lipinski definition) is 0. The molecule has 3 atom stereocenters. The van der Waals surface area contributed by atoms with Gasteiger partial charge in [0.2, 0.25) is 0 Å². The summed E-state index contributed by atoms with van der Waals surface area (Å²) in [6.07, 6.45) is -0.986. The highest BCUT2D eigenvalue weighted by Crippen LogP contribution is 2.34. The van der Waals surface area contributed by atoms with Crippen molar-refractivity contribution in [2.75, 3.05) is 11.5 Å². The van der Waals surface area contributed by atoms with Gasteiger partial charge >= 0.3 is 0 Å². The van der Waals surface area contributed by atoms with Gasteiger partial charge in [-0.15, -0.1) is 0 Å². The van der Waals surface area contributed by atoms with E-state index in [1.165, 1.54) is 23.0 Å². The first-order valence-corrected chi connectivity index (χ1v) is 12.9. The molecule has 6 nitrogen and oxygen atoms in total. The maximum Gasteiger partial charge on any atom is 0.266 e. The van der Waals surface area contributed by atoms with Crippen LogP contribution in [0.25, 0.3) is 11.0 Å². The Bertz CT molecular complexity index is 1410. The normalized spacial score (nSPS) is 21.1. The molecule has 4 rings (SSSR count). The van der Waals surface area contributed by atoms with Crippen molar-refractivity contribution in [1.29, 1.82) is 0 Å². The van der Waals surface area contributed by atoms with E-state index in [9.17, 15) is 26.4 Å². The molecule has 34 heavy (non-hydrogen) atoms. The molecule has 0 amide bonds. The molecule has 1 saturated heterocycles. The molecule has 0 N–H and O–H groups in total. The molecule has 3 aromatic rings. The first-order chi connectivity index (χ1) is 16.0. The number of benzene rings is 1. The molecule has 0 bridgehead atoms. The molecule has 0 spiro atoms.